The number of benzene rings is 9. The number of aromatic hydroxyl groups is 3. The van der Waals surface area contributed by atoms with Crippen molar-refractivity contribution in [2.45, 2.75) is 67.9 Å². The first-order chi connectivity index (χ1) is 54.4. The van der Waals surface area contributed by atoms with E-state index in [1.54, 1.807) is 170 Å². The van der Waals surface area contributed by atoms with Crippen molar-refractivity contribution < 1.29 is 51.9 Å². The number of pyridine rings is 3. The molecule has 24 heteroatoms. The maximum Gasteiger partial charge on any atom is 0.354 e. The largest absolute Gasteiger partial charge is 0.505 e. The minimum absolute atomic E-state index is 0.0241. The predicted molar refractivity (Wildman–Crippen MR) is 431 cm³/mol. The zero-order chi connectivity index (χ0) is 77.8. The fourth-order valence-electron chi connectivity index (χ4n) is 14.6. The van der Waals surface area contributed by atoms with Gasteiger partial charge in [-0.05, 0) is 183 Å². The lowest BCUT2D eigenvalue weighted by molar-refractivity contribution is 0.413. The predicted octanol–water partition coefficient (Wildman–Crippen LogP) is 17.5. The van der Waals surface area contributed by atoms with Gasteiger partial charge in [0, 0.05) is 70.2 Å². The quantitative estimate of drug-likeness (QED) is 0.0969. The Morgan fingerprint density at radius 1 is 0.357 bits per heavy atom. The summed E-state index contributed by atoms with van der Waals surface area (Å²) in [6.45, 7) is 0. The van der Waals surface area contributed by atoms with E-state index in [1.807, 2.05) is 72.8 Å². The van der Waals surface area contributed by atoms with Crippen LogP contribution < -0.4 is 52.5 Å². The minimum Gasteiger partial charge on any atom is -0.505 e. The van der Waals surface area contributed by atoms with E-state index in [-0.39, 0.29) is 47.6 Å². The summed E-state index contributed by atoms with van der Waals surface area (Å²) in [7, 11) is 6.27. The van der Waals surface area contributed by atoms with Crippen molar-refractivity contribution in [2.24, 2.45) is 0 Å². The fraction of sp³-hybridized carbons (Fsp3) is 0.114. The van der Waals surface area contributed by atoms with Gasteiger partial charge in [0.1, 0.15) is 59.7 Å². The zero-order valence-electron chi connectivity index (χ0n) is 60.0. The molecule has 0 radical (unpaired) electrons. The Hall–Kier alpha value is -12.7. The third-order valence-electron chi connectivity index (χ3n) is 19.8. The number of aromatic nitrogens is 3. The smallest absolute Gasteiger partial charge is 0.354 e. The SMILES string of the molecule is COc1ccc(-n2c3c(c4oc(=O)c(Sc5cccc(Cl)c5)c(O)c4c2=O)CCc2ccccc2-3)cc1.COc1ccc(-n2c3c(c4oc(=O)c(Sc5cccc(F)c5)c(O)c4c2=O)CCc2ccccc2-3)cc1.COc1ccc(-n2c3c(c4oc(=O)c(Sc5cccc(OC)c5)c(O)c4c2=O)CCc2ccccc2-3)cc1. The maximum absolute atomic E-state index is 14.2. The third-order valence-corrected chi connectivity index (χ3v) is 23.2. The molecule has 18 rings (SSSR count). The summed E-state index contributed by atoms with van der Waals surface area (Å²) in [5, 5.41) is 34.4. The van der Waals surface area contributed by atoms with E-state index in [4.69, 9.17) is 43.8 Å². The Balaban J connectivity index is 0.000000127. The summed E-state index contributed by atoms with van der Waals surface area (Å²) < 4.78 is 57.0. The van der Waals surface area contributed by atoms with Gasteiger partial charge in [0.2, 0.25) is 0 Å². The van der Waals surface area contributed by atoms with E-state index in [2.05, 4.69) is 0 Å². The lowest BCUT2D eigenvalue weighted by Gasteiger charge is -2.25. The lowest BCUT2D eigenvalue weighted by atomic mass is 9.87. The first kappa shape index (κ1) is 73.5. The van der Waals surface area contributed by atoms with Gasteiger partial charge in [-0.15, -0.1) is 0 Å². The van der Waals surface area contributed by atoms with Crippen molar-refractivity contribution in [2.75, 3.05) is 28.4 Å². The molecule has 112 heavy (non-hydrogen) atoms. The number of aryl methyl sites for hydroxylation is 6. The highest BCUT2D eigenvalue weighted by Gasteiger charge is 2.34. The molecule has 6 heterocycles. The van der Waals surface area contributed by atoms with Crippen LogP contribution in [0.3, 0.4) is 0 Å². The molecule has 15 aromatic rings. The maximum atomic E-state index is 14.2. The molecule has 19 nitrogen and oxygen atoms in total. The number of rotatable bonds is 13. The van der Waals surface area contributed by atoms with E-state index >= 15 is 0 Å². The Kier molecular flexibility index (Phi) is 20.1. The Morgan fingerprint density at radius 2 is 0.670 bits per heavy atom. The van der Waals surface area contributed by atoms with Crippen LogP contribution in [0.25, 0.3) is 83.7 Å². The molecule has 0 saturated carbocycles. The van der Waals surface area contributed by atoms with Gasteiger partial charge in [-0.3, -0.25) is 28.1 Å². The first-order valence-electron chi connectivity index (χ1n) is 35.2. The van der Waals surface area contributed by atoms with Crippen LogP contribution in [0.2, 0.25) is 5.02 Å². The third kappa shape index (κ3) is 13.4. The van der Waals surface area contributed by atoms with Crippen molar-refractivity contribution in [3.8, 4) is 91.1 Å². The van der Waals surface area contributed by atoms with Gasteiger partial charge in [0.05, 0.1) is 45.5 Å². The van der Waals surface area contributed by atoms with Gasteiger partial charge in [-0.25, -0.2) is 18.8 Å². The van der Waals surface area contributed by atoms with Crippen LogP contribution in [0.15, 0.2) is 290 Å². The van der Waals surface area contributed by atoms with Crippen molar-refractivity contribution in [1.82, 2.24) is 13.7 Å². The molecule has 0 atom stereocenters. The number of hydrogen-bond acceptors (Lipinski definition) is 19. The highest BCUT2D eigenvalue weighted by atomic mass is 35.5. The highest BCUT2D eigenvalue weighted by molar-refractivity contribution is 8.00. The summed E-state index contributed by atoms with van der Waals surface area (Å²) in [6, 6.07) is 64.5. The number of halogens is 2. The van der Waals surface area contributed by atoms with Crippen LogP contribution in [0, 0.1) is 5.82 Å². The second-order valence-electron chi connectivity index (χ2n) is 26.2. The molecule has 3 aliphatic carbocycles. The van der Waals surface area contributed by atoms with Crippen LogP contribution in [-0.2, 0) is 38.5 Å². The van der Waals surface area contributed by atoms with Crippen molar-refractivity contribution in [3.05, 3.63) is 325 Å². The Labute approximate surface area is 653 Å². The molecule has 3 aliphatic rings. The number of ether oxygens (including phenoxy) is 4. The van der Waals surface area contributed by atoms with Gasteiger partial charge in [0.15, 0.2) is 34.0 Å². The second-order valence-corrected chi connectivity index (χ2v) is 29.9. The summed E-state index contributed by atoms with van der Waals surface area (Å²) >= 11 is 8.98. The highest BCUT2D eigenvalue weighted by Crippen LogP contribution is 2.47. The Morgan fingerprint density at radius 3 is 1.00 bits per heavy atom. The van der Waals surface area contributed by atoms with Crippen molar-refractivity contribution in [3.63, 3.8) is 0 Å². The first-order valence-corrected chi connectivity index (χ1v) is 38.0. The summed E-state index contributed by atoms with van der Waals surface area (Å²) in [5.74, 6) is 0.800. The van der Waals surface area contributed by atoms with E-state index in [1.165, 1.54) is 18.2 Å². The average Bonchev–Trinajstić information content (AvgIpc) is 0.730. The summed E-state index contributed by atoms with van der Waals surface area (Å²) in [5.41, 5.74) is 8.33. The monoisotopic (exact) mass is 1570 g/mol. The minimum atomic E-state index is -0.790. The van der Waals surface area contributed by atoms with Crippen molar-refractivity contribution in [1.29, 1.82) is 0 Å². The normalized spacial score (nSPS) is 12.2. The molecule has 0 bridgehead atoms. The van der Waals surface area contributed by atoms with E-state index in [0.29, 0.717) is 132 Å². The summed E-state index contributed by atoms with van der Waals surface area (Å²) in [4.78, 5) is 83.1. The van der Waals surface area contributed by atoms with Crippen LogP contribution >= 0.6 is 46.9 Å². The topological polar surface area (TPSA) is 254 Å². The zero-order valence-corrected chi connectivity index (χ0v) is 63.2. The standard InChI is InChI=1S/C30H23NO6S.C29H20ClNO5S.C29H20FNO5S/c1-35-19-13-11-18(12-14-19)31-25-22-9-4-3-6-17(22)10-15-23(25)27-24(29(31)33)26(32)28(30(34)37-27)38-21-8-5-7-20(16-21)36-2;2*1-35-19-12-10-18(11-13-19)31-24-21-8-3-2-5-16(21)9-14-22(24)26-23(28(31)33)25(32)27(29(34)36-26)37-20-7-4-6-17(30)15-20/h3-9,11-14,16,32H,10,15H2,1-2H3;2*2-8,10-13,15,32H,9,14H2,1H3. The van der Waals surface area contributed by atoms with Gasteiger partial charge in [-0.2, -0.15) is 0 Å². The number of hydrogen-bond donors (Lipinski definition) is 3. The Bertz CT molecular complexity index is 6450. The van der Waals surface area contributed by atoms with E-state index in [0.717, 1.165) is 68.7 Å². The van der Waals surface area contributed by atoms with E-state index in [9.17, 15) is 48.5 Å². The lowest BCUT2D eigenvalue weighted by Crippen LogP contribution is -2.25. The van der Waals surface area contributed by atoms with Gasteiger partial charge in [-0.1, -0.05) is 138 Å². The molecule has 0 unspecified atom stereocenters. The molecule has 558 valence electrons. The van der Waals surface area contributed by atoms with Crippen LogP contribution in [0.5, 0.6) is 40.2 Å². The molecule has 6 aromatic heterocycles. The molecule has 9 aromatic carbocycles. The molecular weight excluding hydrogens is 1510 g/mol. The fourth-order valence-corrected chi connectivity index (χ4v) is 17.5. The summed E-state index contributed by atoms with van der Waals surface area (Å²) in [6.07, 6.45) is 3.71. The molecule has 0 spiro atoms. The number of fused-ring (bicyclic) bond motifs is 15. The van der Waals surface area contributed by atoms with E-state index < -0.39 is 56.6 Å². The van der Waals surface area contributed by atoms with Gasteiger partial charge in [0.25, 0.3) is 16.7 Å². The molecule has 0 amide bonds. The molecule has 0 aliphatic heterocycles. The van der Waals surface area contributed by atoms with Crippen LogP contribution in [0.4, 0.5) is 4.39 Å². The molecular formula is C88H63ClFN3O16S3. The number of methoxy groups -OCH3 is 4. The average molecular weight is 1570 g/mol. The second kappa shape index (κ2) is 30.7. The molecule has 0 saturated heterocycles. The van der Waals surface area contributed by atoms with Crippen LogP contribution in [-0.4, -0.2) is 57.5 Å². The van der Waals surface area contributed by atoms with Crippen molar-refractivity contribution >= 4 is 79.8 Å². The van der Waals surface area contributed by atoms with Crippen LogP contribution in [0.1, 0.15) is 33.4 Å². The number of nitrogens with zero attached hydrogens (tertiary/aromatic N) is 3. The molecule has 0 fully saturated rings. The van der Waals surface area contributed by atoms with Gasteiger partial charge >= 0.3 is 16.9 Å². The van der Waals surface area contributed by atoms with Gasteiger partial charge < -0.3 is 47.5 Å². The molecule has 3 N–H and O–H groups in total.